The molecule has 0 aliphatic carbocycles. The van der Waals surface area contributed by atoms with Gasteiger partial charge >= 0.3 is 12.1 Å². The predicted molar refractivity (Wildman–Crippen MR) is 145 cm³/mol. The number of carboxylic acids is 1. The fraction of sp³-hybridized carbons (Fsp3) is 0.345. The lowest BCUT2D eigenvalue weighted by Gasteiger charge is -2.21. The molecule has 1 aliphatic heterocycles. The fourth-order valence-electron chi connectivity index (χ4n) is 4.86. The molecule has 3 aromatic heterocycles. The Hall–Kier alpha value is -4.12. The summed E-state index contributed by atoms with van der Waals surface area (Å²) >= 11 is 0. The number of hydrogen-bond acceptors (Lipinski definition) is 7. The van der Waals surface area contributed by atoms with Crippen molar-refractivity contribution >= 4 is 28.5 Å². The van der Waals surface area contributed by atoms with Gasteiger partial charge in [-0.3, -0.25) is 14.7 Å². The summed E-state index contributed by atoms with van der Waals surface area (Å²) in [7, 11) is 0. The van der Waals surface area contributed by atoms with E-state index in [2.05, 4.69) is 41.0 Å². The van der Waals surface area contributed by atoms with Crippen LogP contribution in [-0.2, 0) is 22.9 Å². The molecule has 1 fully saturated rings. The van der Waals surface area contributed by atoms with Crippen LogP contribution >= 0.6 is 0 Å². The number of likely N-dealkylation sites (tertiary alicyclic amines) is 1. The molecule has 0 spiro atoms. The number of anilines is 2. The summed E-state index contributed by atoms with van der Waals surface area (Å²) in [6, 6.07) is 12.5. The minimum Gasteiger partial charge on any atom is -0.480 e. The van der Waals surface area contributed by atoms with Gasteiger partial charge in [-0.2, -0.15) is 13.2 Å². The van der Waals surface area contributed by atoms with Gasteiger partial charge in [0.25, 0.3) is 0 Å². The Labute approximate surface area is 229 Å². The van der Waals surface area contributed by atoms with Crippen molar-refractivity contribution in [2.75, 3.05) is 11.9 Å². The number of hydrogen-bond donors (Lipinski definition) is 2. The molecular formula is C29H29F3N6O2. The van der Waals surface area contributed by atoms with Crippen molar-refractivity contribution in [1.82, 2.24) is 24.8 Å². The van der Waals surface area contributed by atoms with Crippen molar-refractivity contribution in [2.24, 2.45) is 0 Å². The zero-order valence-corrected chi connectivity index (χ0v) is 22.3. The van der Waals surface area contributed by atoms with Gasteiger partial charge in [-0.15, -0.1) is 0 Å². The van der Waals surface area contributed by atoms with Crippen LogP contribution in [0.1, 0.15) is 50.6 Å². The molecular weight excluding hydrogens is 521 g/mol. The van der Waals surface area contributed by atoms with Crippen LogP contribution in [0.3, 0.4) is 0 Å². The number of carboxylic acid groups (broad SMARTS) is 1. The zero-order valence-electron chi connectivity index (χ0n) is 22.3. The first-order chi connectivity index (χ1) is 18.9. The van der Waals surface area contributed by atoms with E-state index in [-0.39, 0.29) is 29.0 Å². The van der Waals surface area contributed by atoms with E-state index >= 15 is 0 Å². The maximum Gasteiger partial charge on any atom is 0.418 e. The normalized spacial score (nSPS) is 16.4. The molecule has 8 nitrogen and oxygen atoms in total. The standard InChI is InChI=1S/C29H29F3N6O2/c1-28(2,3)17-8-10-18(11-9-17)34-25-19-12-13-21(24-20(29(30,31)32)6-4-14-33-24)35-26(19)37-23(36-25)16-38-15-5-7-22(38)27(39)40/h4,6,8-14,22H,5,7,15-16H2,1-3H3,(H,39,40)(H,34,35,36,37). The summed E-state index contributed by atoms with van der Waals surface area (Å²) in [5, 5.41) is 13.4. The number of aliphatic carboxylic acids is 1. The number of pyridine rings is 2. The van der Waals surface area contributed by atoms with Crippen LogP contribution in [-0.4, -0.2) is 48.5 Å². The van der Waals surface area contributed by atoms with Crippen LogP contribution in [0.4, 0.5) is 24.7 Å². The minimum absolute atomic E-state index is 0.0230. The van der Waals surface area contributed by atoms with Crippen molar-refractivity contribution in [3.8, 4) is 11.4 Å². The summed E-state index contributed by atoms with van der Waals surface area (Å²) < 4.78 is 41.1. The molecule has 1 unspecified atom stereocenters. The molecule has 0 amide bonds. The first-order valence-electron chi connectivity index (χ1n) is 12.9. The number of halogens is 3. The van der Waals surface area contributed by atoms with Crippen LogP contribution in [0.5, 0.6) is 0 Å². The van der Waals surface area contributed by atoms with Crippen molar-refractivity contribution in [1.29, 1.82) is 0 Å². The molecule has 208 valence electrons. The average Bonchev–Trinajstić information content (AvgIpc) is 3.36. The molecule has 11 heteroatoms. The van der Waals surface area contributed by atoms with Crippen molar-refractivity contribution in [3.05, 3.63) is 71.7 Å². The Bertz CT molecular complexity index is 1550. The van der Waals surface area contributed by atoms with E-state index < -0.39 is 23.8 Å². The van der Waals surface area contributed by atoms with E-state index in [1.165, 1.54) is 18.3 Å². The van der Waals surface area contributed by atoms with Crippen molar-refractivity contribution in [3.63, 3.8) is 0 Å². The number of nitrogens with zero attached hydrogens (tertiary/aromatic N) is 5. The first kappa shape index (κ1) is 27.4. The van der Waals surface area contributed by atoms with E-state index in [0.717, 1.165) is 23.7 Å². The van der Waals surface area contributed by atoms with E-state index in [1.807, 2.05) is 24.3 Å². The minimum atomic E-state index is -4.61. The SMILES string of the molecule is CC(C)(C)c1ccc(Nc2nc(CN3CCCC3C(=O)O)nc3nc(-c4ncccc4C(F)(F)F)ccc23)cc1. The molecule has 0 radical (unpaired) electrons. The lowest BCUT2D eigenvalue weighted by molar-refractivity contribution is -0.142. The quantitative estimate of drug-likeness (QED) is 0.293. The van der Waals surface area contributed by atoms with Crippen LogP contribution in [0.15, 0.2) is 54.7 Å². The van der Waals surface area contributed by atoms with Gasteiger partial charge in [0.1, 0.15) is 23.4 Å². The van der Waals surface area contributed by atoms with Gasteiger partial charge in [-0.05, 0) is 66.8 Å². The Kier molecular flexibility index (Phi) is 7.17. The van der Waals surface area contributed by atoms with E-state index in [1.54, 1.807) is 11.0 Å². The highest BCUT2D eigenvalue weighted by Gasteiger charge is 2.35. The Balaban J connectivity index is 1.59. The van der Waals surface area contributed by atoms with Crippen molar-refractivity contribution < 1.29 is 23.1 Å². The highest BCUT2D eigenvalue weighted by Crippen LogP contribution is 2.36. The Morgan fingerprint density at radius 3 is 2.48 bits per heavy atom. The van der Waals surface area contributed by atoms with Crippen LogP contribution in [0, 0.1) is 0 Å². The smallest absolute Gasteiger partial charge is 0.418 e. The summed E-state index contributed by atoms with van der Waals surface area (Å²) in [6.45, 7) is 7.10. The van der Waals surface area contributed by atoms with Gasteiger partial charge in [0.05, 0.1) is 23.2 Å². The maximum atomic E-state index is 13.7. The summed E-state index contributed by atoms with van der Waals surface area (Å²) in [4.78, 5) is 31.2. The van der Waals surface area contributed by atoms with Gasteiger partial charge in [-0.25, -0.2) is 15.0 Å². The topological polar surface area (TPSA) is 104 Å². The molecule has 2 N–H and O–H groups in total. The van der Waals surface area contributed by atoms with Crippen LogP contribution < -0.4 is 5.32 Å². The fourth-order valence-corrected chi connectivity index (χ4v) is 4.86. The van der Waals surface area contributed by atoms with E-state index in [0.29, 0.717) is 30.0 Å². The van der Waals surface area contributed by atoms with E-state index in [9.17, 15) is 23.1 Å². The molecule has 0 bridgehead atoms. The molecule has 1 aromatic carbocycles. The monoisotopic (exact) mass is 550 g/mol. The Morgan fingerprint density at radius 2 is 1.80 bits per heavy atom. The highest BCUT2D eigenvalue weighted by atomic mass is 19.4. The zero-order chi connectivity index (χ0) is 28.7. The molecule has 1 saturated heterocycles. The van der Waals surface area contributed by atoms with Gasteiger partial charge < -0.3 is 10.4 Å². The maximum absolute atomic E-state index is 13.7. The molecule has 4 aromatic rings. The number of rotatable bonds is 6. The lowest BCUT2D eigenvalue weighted by Crippen LogP contribution is -2.35. The molecule has 1 atom stereocenters. The first-order valence-corrected chi connectivity index (χ1v) is 12.9. The second-order valence-electron chi connectivity index (χ2n) is 10.9. The molecule has 5 rings (SSSR count). The second-order valence-corrected chi connectivity index (χ2v) is 10.9. The third-order valence-electron chi connectivity index (χ3n) is 6.97. The number of benzene rings is 1. The third-order valence-corrected chi connectivity index (χ3v) is 6.97. The van der Waals surface area contributed by atoms with E-state index in [4.69, 9.17) is 4.98 Å². The molecule has 40 heavy (non-hydrogen) atoms. The average molecular weight is 551 g/mol. The van der Waals surface area contributed by atoms with Gasteiger partial charge in [0.2, 0.25) is 0 Å². The lowest BCUT2D eigenvalue weighted by atomic mass is 9.87. The second kappa shape index (κ2) is 10.5. The predicted octanol–water partition coefficient (Wildman–Crippen LogP) is 6.20. The van der Waals surface area contributed by atoms with Gasteiger partial charge in [0.15, 0.2) is 5.65 Å². The summed E-state index contributed by atoms with van der Waals surface area (Å²) in [5.74, 6) is -0.173. The third kappa shape index (κ3) is 5.74. The summed E-state index contributed by atoms with van der Waals surface area (Å²) in [5.41, 5.74) is 0.907. The van der Waals surface area contributed by atoms with Gasteiger partial charge in [0, 0.05) is 11.9 Å². The number of aromatic nitrogens is 4. The van der Waals surface area contributed by atoms with Crippen LogP contribution in [0.25, 0.3) is 22.4 Å². The van der Waals surface area contributed by atoms with Crippen LogP contribution in [0.2, 0.25) is 0 Å². The summed E-state index contributed by atoms with van der Waals surface area (Å²) in [6.07, 6.45) is -2.06. The molecule has 1 aliphatic rings. The largest absolute Gasteiger partial charge is 0.480 e. The highest BCUT2D eigenvalue weighted by molar-refractivity contribution is 5.90. The number of nitrogens with one attached hydrogen (secondary N) is 1. The molecule has 0 saturated carbocycles. The molecule has 4 heterocycles. The Morgan fingerprint density at radius 1 is 1.05 bits per heavy atom. The number of carbonyl (C=O) groups is 1. The number of fused-ring (bicyclic) bond motifs is 1. The van der Waals surface area contributed by atoms with Crippen molar-refractivity contribution in [2.45, 2.75) is 57.8 Å². The number of alkyl halides is 3. The van der Waals surface area contributed by atoms with Gasteiger partial charge in [-0.1, -0.05) is 32.9 Å².